The Kier molecular flexibility index (Phi) is 7.22. The minimum Gasteiger partial charge on any atom is -0.482 e. The highest BCUT2D eigenvalue weighted by Gasteiger charge is 2.16. The van der Waals surface area contributed by atoms with Crippen molar-refractivity contribution in [2.45, 2.75) is 20.3 Å². The smallest absolute Gasteiger partial charge is 0.349 e. The molecular weight excluding hydrogens is 380 g/mol. The van der Waals surface area contributed by atoms with Crippen molar-refractivity contribution in [2.24, 2.45) is 0 Å². The molecule has 0 aromatic heterocycles. The van der Waals surface area contributed by atoms with E-state index in [-0.39, 0.29) is 24.5 Å². The summed E-state index contributed by atoms with van der Waals surface area (Å²) >= 11 is 0. The molecule has 3 aromatic rings. The number of benzene rings is 3. The third kappa shape index (κ3) is 6.21. The lowest BCUT2D eigenvalue weighted by molar-refractivity contribution is -0.136. The van der Waals surface area contributed by atoms with Crippen molar-refractivity contribution in [3.63, 3.8) is 0 Å². The lowest BCUT2D eigenvalue weighted by Gasteiger charge is -2.11. The van der Waals surface area contributed by atoms with Crippen molar-refractivity contribution < 1.29 is 23.8 Å². The van der Waals surface area contributed by atoms with Gasteiger partial charge in [-0.15, -0.1) is 0 Å². The zero-order valence-corrected chi connectivity index (χ0v) is 17.1. The number of rotatable bonds is 8. The Bertz CT molecular complexity index is 991. The van der Waals surface area contributed by atoms with E-state index in [9.17, 15) is 9.59 Å². The van der Waals surface area contributed by atoms with Gasteiger partial charge in [0.05, 0.1) is 6.61 Å². The van der Waals surface area contributed by atoms with Crippen LogP contribution in [0.3, 0.4) is 0 Å². The van der Waals surface area contributed by atoms with Gasteiger partial charge in [-0.25, -0.2) is 9.59 Å². The fraction of sp³-hybridized carbons (Fsp3) is 0.200. The van der Waals surface area contributed by atoms with Gasteiger partial charge in [0, 0.05) is 6.42 Å². The standard InChI is InChI=1S/C25H24O5/c1-18-14-19(2)16-21(15-18)29-17-24(26)30-23-11-7-6-10-22(23)25(27)28-13-12-20-8-4-3-5-9-20/h3-11,14-16H,12-13,17H2,1-2H3. The number of hydrogen-bond donors (Lipinski definition) is 0. The first kappa shape index (κ1) is 21.1. The average Bonchev–Trinajstić information content (AvgIpc) is 2.73. The average molecular weight is 404 g/mol. The molecule has 0 heterocycles. The van der Waals surface area contributed by atoms with Crippen LogP contribution in [0.2, 0.25) is 0 Å². The molecule has 0 atom stereocenters. The van der Waals surface area contributed by atoms with Crippen LogP contribution in [0.15, 0.2) is 72.8 Å². The molecule has 0 bridgehead atoms. The predicted molar refractivity (Wildman–Crippen MR) is 114 cm³/mol. The normalized spacial score (nSPS) is 10.3. The highest BCUT2D eigenvalue weighted by atomic mass is 16.6. The largest absolute Gasteiger partial charge is 0.482 e. The van der Waals surface area contributed by atoms with Gasteiger partial charge in [0.2, 0.25) is 0 Å². The van der Waals surface area contributed by atoms with Crippen molar-refractivity contribution in [2.75, 3.05) is 13.2 Å². The van der Waals surface area contributed by atoms with Crippen LogP contribution in [0, 0.1) is 13.8 Å². The van der Waals surface area contributed by atoms with Gasteiger partial charge in [-0.2, -0.15) is 0 Å². The zero-order chi connectivity index (χ0) is 21.3. The summed E-state index contributed by atoms with van der Waals surface area (Å²) < 4.78 is 16.2. The Hall–Kier alpha value is -3.60. The van der Waals surface area contributed by atoms with Gasteiger partial charge >= 0.3 is 11.9 Å². The fourth-order valence-electron chi connectivity index (χ4n) is 3.02. The Labute approximate surface area is 176 Å². The van der Waals surface area contributed by atoms with Crippen LogP contribution in [-0.4, -0.2) is 25.2 Å². The Morgan fingerprint density at radius 1 is 0.833 bits per heavy atom. The molecule has 5 heteroatoms. The molecule has 30 heavy (non-hydrogen) atoms. The van der Waals surface area contributed by atoms with E-state index in [0.29, 0.717) is 12.2 Å². The van der Waals surface area contributed by atoms with Gasteiger partial charge in [0.15, 0.2) is 6.61 Å². The molecule has 0 aliphatic rings. The molecule has 0 aliphatic heterocycles. The maximum atomic E-state index is 12.4. The molecule has 0 N–H and O–H groups in total. The monoisotopic (exact) mass is 404 g/mol. The van der Waals surface area contributed by atoms with Crippen LogP contribution in [0.25, 0.3) is 0 Å². The number of ether oxygens (including phenoxy) is 3. The summed E-state index contributed by atoms with van der Waals surface area (Å²) in [6.45, 7) is 3.89. The molecular formula is C25H24O5. The second kappa shape index (κ2) is 10.3. The van der Waals surface area contributed by atoms with Crippen molar-refractivity contribution in [3.8, 4) is 11.5 Å². The summed E-state index contributed by atoms with van der Waals surface area (Å²) in [5.41, 5.74) is 3.36. The first-order valence-corrected chi connectivity index (χ1v) is 9.73. The molecule has 3 aromatic carbocycles. The summed E-state index contributed by atoms with van der Waals surface area (Å²) in [7, 11) is 0. The van der Waals surface area contributed by atoms with E-state index in [2.05, 4.69) is 0 Å². The number of carbonyl (C=O) groups is 2. The number of carbonyl (C=O) groups excluding carboxylic acids is 2. The van der Waals surface area contributed by atoms with E-state index < -0.39 is 11.9 Å². The molecule has 0 unspecified atom stereocenters. The van der Waals surface area contributed by atoms with E-state index in [1.54, 1.807) is 24.3 Å². The minimum atomic E-state index is -0.598. The molecule has 0 aliphatic carbocycles. The molecule has 5 nitrogen and oxygen atoms in total. The van der Waals surface area contributed by atoms with E-state index in [4.69, 9.17) is 14.2 Å². The number of esters is 2. The molecule has 154 valence electrons. The lowest BCUT2D eigenvalue weighted by Crippen LogP contribution is -2.19. The summed E-state index contributed by atoms with van der Waals surface area (Å²) in [4.78, 5) is 24.7. The third-order valence-corrected chi connectivity index (χ3v) is 4.35. The number of para-hydroxylation sites is 1. The predicted octanol–water partition coefficient (Wildman–Crippen LogP) is 4.69. The molecule has 0 fully saturated rings. The molecule has 0 saturated carbocycles. The van der Waals surface area contributed by atoms with Crippen LogP contribution >= 0.6 is 0 Å². The summed E-state index contributed by atoms with van der Waals surface area (Å²) in [6.07, 6.45) is 0.609. The zero-order valence-electron chi connectivity index (χ0n) is 17.1. The molecule has 0 saturated heterocycles. The quantitative estimate of drug-likeness (QED) is 0.403. The SMILES string of the molecule is Cc1cc(C)cc(OCC(=O)Oc2ccccc2C(=O)OCCc2ccccc2)c1. The maximum Gasteiger partial charge on any atom is 0.349 e. The van der Waals surface area contributed by atoms with Crippen LogP contribution in [0.4, 0.5) is 0 Å². The summed E-state index contributed by atoms with van der Waals surface area (Å²) in [6, 6.07) is 22.0. The minimum absolute atomic E-state index is 0.149. The second-order valence-corrected chi connectivity index (χ2v) is 6.95. The van der Waals surface area contributed by atoms with Crippen LogP contribution < -0.4 is 9.47 Å². The van der Waals surface area contributed by atoms with E-state index in [1.165, 1.54) is 0 Å². The van der Waals surface area contributed by atoms with Crippen molar-refractivity contribution >= 4 is 11.9 Å². The van der Waals surface area contributed by atoms with Gasteiger partial charge in [0.1, 0.15) is 17.1 Å². The molecule has 0 radical (unpaired) electrons. The first-order chi connectivity index (χ1) is 14.5. The Balaban J connectivity index is 1.56. The fourth-order valence-corrected chi connectivity index (χ4v) is 3.02. The lowest BCUT2D eigenvalue weighted by atomic mass is 10.1. The van der Waals surface area contributed by atoms with Gasteiger partial charge in [0.25, 0.3) is 0 Å². The van der Waals surface area contributed by atoms with Gasteiger partial charge in [-0.1, -0.05) is 48.5 Å². The van der Waals surface area contributed by atoms with Crippen molar-refractivity contribution in [1.82, 2.24) is 0 Å². The Morgan fingerprint density at radius 2 is 1.50 bits per heavy atom. The summed E-state index contributed by atoms with van der Waals surface area (Å²) in [5, 5.41) is 0. The van der Waals surface area contributed by atoms with E-state index in [0.717, 1.165) is 16.7 Å². The Morgan fingerprint density at radius 3 is 2.23 bits per heavy atom. The highest BCUT2D eigenvalue weighted by molar-refractivity contribution is 5.93. The van der Waals surface area contributed by atoms with Crippen molar-refractivity contribution in [3.05, 3.63) is 95.1 Å². The molecule has 3 rings (SSSR count). The number of hydrogen-bond acceptors (Lipinski definition) is 5. The van der Waals surface area contributed by atoms with E-state index in [1.807, 2.05) is 62.4 Å². The van der Waals surface area contributed by atoms with Gasteiger partial charge in [-0.3, -0.25) is 0 Å². The first-order valence-electron chi connectivity index (χ1n) is 9.73. The second-order valence-electron chi connectivity index (χ2n) is 6.95. The third-order valence-electron chi connectivity index (χ3n) is 4.35. The van der Waals surface area contributed by atoms with Crippen LogP contribution in [0.5, 0.6) is 11.5 Å². The highest BCUT2D eigenvalue weighted by Crippen LogP contribution is 2.20. The van der Waals surface area contributed by atoms with Gasteiger partial charge in [-0.05, 0) is 54.8 Å². The molecule has 0 amide bonds. The topological polar surface area (TPSA) is 61.8 Å². The summed E-state index contributed by atoms with van der Waals surface area (Å²) in [5.74, 6) is -0.391. The van der Waals surface area contributed by atoms with Gasteiger partial charge < -0.3 is 14.2 Å². The van der Waals surface area contributed by atoms with Crippen molar-refractivity contribution in [1.29, 1.82) is 0 Å². The van der Waals surface area contributed by atoms with Crippen LogP contribution in [0.1, 0.15) is 27.0 Å². The molecule has 0 spiro atoms. The van der Waals surface area contributed by atoms with Crippen LogP contribution in [-0.2, 0) is 16.0 Å². The maximum absolute atomic E-state index is 12.4. The number of aryl methyl sites for hydroxylation is 2. The van der Waals surface area contributed by atoms with E-state index >= 15 is 0 Å².